The number of benzene rings is 6. The Morgan fingerprint density at radius 3 is 1.24 bits per heavy atom. The highest BCUT2D eigenvalue weighted by Crippen LogP contribution is 2.33. The smallest absolute Gasteiger partial charge is 0.412 e. The van der Waals surface area contributed by atoms with E-state index in [2.05, 4.69) is 98.6 Å². The fraction of sp³-hybridized carbons (Fsp3) is 0.389. The van der Waals surface area contributed by atoms with Gasteiger partial charge in [0.1, 0.15) is 68.4 Å². The SMILES string of the molecule is COC(=O)c1ccc(Br)cc1F.Cn1[nH]c(=O)c2ccc(Br)cc21.Cn1nc(OC[C@@H]2COCCO2)c2ccc(Br)cc21.Cn1nc(OC[C@@H]2COCCO2)c2ccc(N)cc21.Cn1nc(OC[C@@H]2COCCO2)c2ccc(NC(=O)OC(C)(C)C)cc21.Cn1nc(OC[C@@H]2COCCO2)c2ccc(NC(=O)c3ncccc3N)cc21.Nc1cccnc1C(=O)O.OC[C@@H]1COCCO1. The zero-order valence-electron chi connectivity index (χ0n) is 75.0. The molecule has 5 aliphatic rings. The molecule has 0 saturated carbocycles. The quantitative estimate of drug-likeness (QED) is 0.0292. The lowest BCUT2D eigenvalue weighted by Crippen LogP contribution is -2.33. The number of aryl methyl sites for hydroxylation is 5. The summed E-state index contributed by atoms with van der Waals surface area (Å²) in [5, 5.41) is 47.1. The van der Waals surface area contributed by atoms with Gasteiger partial charge in [-0.05, 0) is 154 Å². The van der Waals surface area contributed by atoms with Crippen molar-refractivity contribution in [2.45, 2.75) is 56.9 Å². The number of carbonyl (C=O) groups excluding carboxylic acids is 3. The summed E-state index contributed by atoms with van der Waals surface area (Å²) in [7, 11) is 10.4. The van der Waals surface area contributed by atoms with E-state index < -0.39 is 29.5 Å². The monoisotopic (exact) mass is 2050 g/mol. The van der Waals surface area contributed by atoms with Gasteiger partial charge in [-0.1, -0.05) is 47.8 Å². The van der Waals surface area contributed by atoms with E-state index in [9.17, 15) is 28.4 Å². The highest BCUT2D eigenvalue weighted by Gasteiger charge is 2.25. The summed E-state index contributed by atoms with van der Waals surface area (Å²) in [6, 6.07) is 38.7. The molecule has 0 aliphatic carbocycles. The number of ether oxygens (including phenoxy) is 16. The van der Waals surface area contributed by atoms with E-state index in [0.29, 0.717) is 176 Å². The van der Waals surface area contributed by atoms with Gasteiger partial charge in [0, 0.05) is 78.1 Å². The fourth-order valence-electron chi connectivity index (χ4n) is 13.2. The van der Waals surface area contributed by atoms with Crippen LogP contribution in [-0.2, 0) is 92.1 Å². The van der Waals surface area contributed by atoms with E-state index in [0.717, 1.165) is 63.5 Å². The largest absolute Gasteiger partial charge is 0.476 e. The first-order valence-electron chi connectivity index (χ1n) is 42.1. The van der Waals surface area contributed by atoms with Gasteiger partial charge in [0.15, 0.2) is 11.4 Å². The van der Waals surface area contributed by atoms with Gasteiger partial charge in [-0.3, -0.25) is 43.4 Å². The number of aliphatic hydroxyl groups excluding tert-OH is 1. The van der Waals surface area contributed by atoms with E-state index in [1.54, 1.807) is 61.2 Å². The molecule has 13 aromatic rings. The Morgan fingerprint density at radius 2 is 0.858 bits per heavy atom. The van der Waals surface area contributed by atoms with Crippen LogP contribution in [0.4, 0.5) is 37.6 Å². The maximum Gasteiger partial charge on any atom is 0.412 e. The molecule has 5 aliphatic heterocycles. The van der Waals surface area contributed by atoms with E-state index in [4.69, 9.17) is 98.5 Å². The minimum Gasteiger partial charge on any atom is -0.476 e. The number of carboxylic acids is 1. The first kappa shape index (κ1) is 102. The van der Waals surface area contributed by atoms with Gasteiger partial charge in [0.2, 0.25) is 23.5 Å². The van der Waals surface area contributed by atoms with Crippen molar-refractivity contribution >= 4 is 155 Å². The number of aliphatic hydroxyl groups is 1. The number of aromatic carboxylic acids is 1. The second-order valence-electron chi connectivity index (χ2n) is 30.9. The molecule has 2 amide bonds. The van der Waals surface area contributed by atoms with Crippen LogP contribution in [0.15, 0.2) is 164 Å². The molecule has 44 heteroatoms. The highest BCUT2D eigenvalue weighted by molar-refractivity contribution is 9.11. The number of halogens is 4. The van der Waals surface area contributed by atoms with E-state index in [1.807, 2.05) is 133 Å². The Kier molecular flexibility index (Phi) is 38.5. The average Bonchev–Trinajstić information content (AvgIpc) is 1.63. The molecule has 40 nitrogen and oxygen atoms in total. The van der Waals surface area contributed by atoms with E-state index >= 15 is 0 Å². The van der Waals surface area contributed by atoms with E-state index in [1.165, 1.54) is 37.7 Å². The maximum atomic E-state index is 13.0. The van der Waals surface area contributed by atoms with Crippen molar-refractivity contribution in [3.63, 3.8) is 0 Å². The number of nitrogen functional groups attached to an aromatic ring is 3. The third kappa shape index (κ3) is 30.2. The number of anilines is 5. The number of aromatic amines is 1. The maximum absolute atomic E-state index is 13.0. The van der Waals surface area contributed by atoms with Crippen molar-refractivity contribution in [1.29, 1.82) is 0 Å². The summed E-state index contributed by atoms with van der Waals surface area (Å²) in [5.74, 6) is -0.440. The van der Waals surface area contributed by atoms with Crippen LogP contribution in [0.5, 0.6) is 23.5 Å². The minimum atomic E-state index is -1.10. The van der Waals surface area contributed by atoms with E-state index in [-0.39, 0.29) is 71.2 Å². The number of carboxylic acid groups (broad SMARTS) is 1. The number of aromatic nitrogens is 12. The number of fused-ring (bicyclic) bond motifs is 5. The molecule has 718 valence electrons. The lowest BCUT2D eigenvalue weighted by molar-refractivity contribution is -0.105. The predicted molar refractivity (Wildman–Crippen MR) is 506 cm³/mol. The van der Waals surface area contributed by atoms with Crippen LogP contribution in [0, 0.1) is 5.82 Å². The van der Waals surface area contributed by atoms with Gasteiger partial charge < -0.3 is 109 Å². The zero-order chi connectivity index (χ0) is 96.0. The summed E-state index contributed by atoms with van der Waals surface area (Å²) in [5.41, 5.74) is 23.3. The number of rotatable bonds is 18. The lowest BCUT2D eigenvalue weighted by Gasteiger charge is -2.22. The summed E-state index contributed by atoms with van der Waals surface area (Å²) >= 11 is 9.88. The topological polar surface area (TPSA) is 493 Å². The number of hydrogen-bond acceptors (Lipinski definition) is 31. The Bertz CT molecular complexity index is 6010. The standard InChI is InChI=1S/C19H21N5O4.C18H25N3O5.C13H15BrN2O3.C13H17N3O3.C8H6BrFO2.C8H7BrN2O.C6H6N2O2.C5H10O3/c1-24-16-9-12(22-18(25)17-15(20)3-2-6-21-17)4-5-14(16)19(23-24)28-11-13-10-26-7-8-27-13;1-18(2,3)26-17(22)19-12-5-6-14-15(9-12)21(4)20-16(14)25-11-13-10-23-7-8-24-13;2*1-16-12-6-9(14)2-3-11(12)13(15-16)19-8-10-7-17-4-5-18-10;1-12-8(11)6-3-2-5(9)4-7(6)10;1-11-7-4-5(9)2-3-6(7)8(12)10-11;7-4-2-1-3-8-5(4)6(9)10;6-3-5-4-7-1-2-8-5/h2-6,9,13H,7-8,10-11,20H2,1H3,(H,22,25);5-6,9,13H,7-8,10-11H2,1-4H3,(H,19,22);2-3,6,10H,4-5,7-8H2,1H3;2-3,6,10H,4-5,7-8,14H2,1H3;2-4H,1H3;2-4H,1H3,(H,10,12);1-3H,7H2,(H,9,10);5-6H,1-4H2/t2*13-;2*10-;;;;5-/m0000...1/s1. The molecule has 134 heavy (non-hydrogen) atoms. The second-order valence-corrected chi connectivity index (χ2v) is 33.7. The Morgan fingerprint density at radius 1 is 0.485 bits per heavy atom. The molecule has 11 N–H and O–H groups in total. The third-order valence-corrected chi connectivity index (χ3v) is 21.2. The molecule has 5 saturated heterocycles. The molecule has 6 aromatic carbocycles. The highest BCUT2D eigenvalue weighted by atomic mass is 79.9. The van der Waals surface area contributed by atoms with Crippen molar-refractivity contribution in [2.75, 3.05) is 167 Å². The molecular formula is C90H107Br3FN17O23. The normalized spacial score (nSPS) is 16.9. The molecule has 0 spiro atoms. The minimum absolute atomic E-state index is 0.0127. The average molecular weight is 2050 g/mol. The van der Waals surface area contributed by atoms with Crippen molar-refractivity contribution in [3.8, 4) is 23.5 Å². The number of nitrogens with one attached hydrogen (secondary N) is 3. The van der Waals surface area contributed by atoms with Crippen LogP contribution in [0.1, 0.15) is 52.1 Å². The predicted octanol–water partition coefficient (Wildman–Crippen LogP) is 11.2. The lowest BCUT2D eigenvalue weighted by atomic mass is 10.2. The summed E-state index contributed by atoms with van der Waals surface area (Å²) in [4.78, 5) is 64.3. The van der Waals surface area contributed by atoms with Gasteiger partial charge in [0.05, 0.1) is 184 Å². The van der Waals surface area contributed by atoms with Crippen LogP contribution in [0.2, 0.25) is 0 Å². The van der Waals surface area contributed by atoms with Crippen LogP contribution in [0.3, 0.4) is 0 Å². The number of nitrogens with zero attached hydrogens (tertiary/aromatic N) is 11. The number of H-pyrrole nitrogens is 1. The molecule has 0 unspecified atom stereocenters. The third-order valence-electron chi connectivity index (χ3n) is 19.7. The number of nitrogens with two attached hydrogens (primary N) is 3. The van der Waals surface area contributed by atoms with Crippen LogP contribution >= 0.6 is 47.8 Å². The van der Waals surface area contributed by atoms with Crippen molar-refractivity contribution in [2.24, 2.45) is 35.2 Å². The van der Waals surface area contributed by atoms with Crippen molar-refractivity contribution in [1.82, 2.24) is 58.9 Å². The number of pyridine rings is 2. The number of hydrogen-bond donors (Lipinski definition) is 8. The molecule has 7 aromatic heterocycles. The first-order valence-corrected chi connectivity index (χ1v) is 44.5. The molecule has 0 bridgehead atoms. The van der Waals surface area contributed by atoms with Crippen LogP contribution < -0.4 is 52.3 Å². The molecule has 5 fully saturated rings. The molecule has 0 radical (unpaired) electrons. The van der Waals surface area contributed by atoms with Gasteiger partial charge in [-0.15, -0.1) is 20.4 Å². The number of esters is 1. The van der Waals surface area contributed by atoms with Crippen molar-refractivity contribution < 1.29 is 110 Å². The Hall–Kier alpha value is -12.0. The fourth-order valence-corrected chi connectivity index (χ4v) is 14.2. The number of carbonyl (C=O) groups is 4. The van der Waals surface area contributed by atoms with Crippen molar-refractivity contribution in [3.05, 3.63) is 192 Å². The Balaban J connectivity index is 0.000000152. The summed E-state index contributed by atoms with van der Waals surface area (Å²) in [6.45, 7) is 16.1. The molecule has 12 heterocycles. The van der Waals surface area contributed by atoms with Gasteiger partial charge in [0.25, 0.3) is 11.5 Å². The first-order chi connectivity index (χ1) is 64.4. The molecular weight excluding hydrogens is 1950 g/mol. The molecule has 18 rings (SSSR count). The summed E-state index contributed by atoms with van der Waals surface area (Å²) in [6.07, 6.45) is 2.11. The summed E-state index contributed by atoms with van der Waals surface area (Å²) < 4.78 is 111. The van der Waals surface area contributed by atoms with Gasteiger partial charge in [-0.2, -0.15) is 0 Å². The second kappa shape index (κ2) is 50.3. The Labute approximate surface area is 793 Å². The molecule has 5 atom stereocenters. The number of amides is 2. The van der Waals surface area contributed by atoms with Gasteiger partial charge in [-0.25, -0.2) is 28.7 Å². The van der Waals surface area contributed by atoms with Crippen LogP contribution in [0.25, 0.3) is 54.5 Å². The van der Waals surface area contributed by atoms with Crippen LogP contribution in [-0.4, -0.2) is 268 Å². The van der Waals surface area contributed by atoms with Gasteiger partial charge >= 0.3 is 18.0 Å². The zero-order valence-corrected chi connectivity index (χ0v) is 79.8. The number of methoxy groups -OCH3 is 1.